The summed E-state index contributed by atoms with van der Waals surface area (Å²) in [4.78, 5) is 26.0. The Labute approximate surface area is 157 Å². The number of rotatable bonds is 4. The van der Waals surface area contributed by atoms with Crippen molar-refractivity contribution in [2.45, 2.75) is 19.3 Å². The van der Waals surface area contributed by atoms with Crippen molar-refractivity contribution in [3.8, 4) is 0 Å². The maximum Gasteiger partial charge on any atom is 0.292 e. The largest absolute Gasteiger partial charge is 0.384 e. The highest BCUT2D eigenvalue weighted by Crippen LogP contribution is 2.41. The molecule has 1 amide bonds. The molecule has 1 atom stereocenters. The molecule has 4 rings (SSSR count). The van der Waals surface area contributed by atoms with Crippen LogP contribution in [0, 0.1) is 16.0 Å². The van der Waals surface area contributed by atoms with E-state index in [9.17, 15) is 14.9 Å². The van der Waals surface area contributed by atoms with Gasteiger partial charge < -0.3 is 15.5 Å². The highest BCUT2D eigenvalue weighted by atomic mass is 16.6. The van der Waals surface area contributed by atoms with Crippen LogP contribution in [0.25, 0.3) is 0 Å². The van der Waals surface area contributed by atoms with E-state index in [1.807, 2.05) is 35.2 Å². The average molecular weight is 366 g/mol. The molecule has 2 heterocycles. The van der Waals surface area contributed by atoms with E-state index in [0.717, 1.165) is 49.3 Å². The van der Waals surface area contributed by atoms with Gasteiger partial charge in [-0.15, -0.1) is 0 Å². The lowest BCUT2D eigenvalue weighted by Crippen LogP contribution is -2.41. The van der Waals surface area contributed by atoms with Gasteiger partial charge in [0.25, 0.3) is 5.69 Å². The van der Waals surface area contributed by atoms with Gasteiger partial charge in [-0.05, 0) is 37.5 Å². The summed E-state index contributed by atoms with van der Waals surface area (Å²) in [6.07, 6.45) is 2.39. The van der Waals surface area contributed by atoms with E-state index in [1.54, 1.807) is 12.1 Å². The predicted molar refractivity (Wildman–Crippen MR) is 105 cm³/mol. The number of carbonyl (C=O) groups excluding carboxylic acids is 1. The Bertz CT molecular complexity index is 869. The molecule has 2 aliphatic rings. The Morgan fingerprint density at radius 2 is 2.04 bits per heavy atom. The van der Waals surface area contributed by atoms with Crippen molar-refractivity contribution in [3.63, 3.8) is 0 Å². The first-order valence-corrected chi connectivity index (χ1v) is 9.28. The van der Waals surface area contributed by atoms with E-state index in [1.165, 1.54) is 0 Å². The number of nitro groups is 1. The lowest BCUT2D eigenvalue weighted by molar-refractivity contribution is -0.384. The number of hydrogen-bond acceptors (Lipinski definition) is 5. The summed E-state index contributed by atoms with van der Waals surface area (Å²) >= 11 is 0. The first kappa shape index (κ1) is 17.3. The molecule has 2 N–H and O–H groups in total. The summed E-state index contributed by atoms with van der Waals surface area (Å²) in [7, 11) is 0. The van der Waals surface area contributed by atoms with Crippen LogP contribution in [0.5, 0.6) is 0 Å². The fourth-order valence-electron chi connectivity index (χ4n) is 4.03. The van der Waals surface area contributed by atoms with Gasteiger partial charge in [0.05, 0.1) is 10.8 Å². The summed E-state index contributed by atoms with van der Waals surface area (Å²) in [5, 5.41) is 17.8. The van der Waals surface area contributed by atoms with E-state index in [0.29, 0.717) is 12.2 Å². The number of piperidine rings is 1. The summed E-state index contributed by atoms with van der Waals surface area (Å²) in [5.41, 5.74) is 3.54. The molecule has 2 aliphatic heterocycles. The third kappa shape index (κ3) is 3.45. The third-order valence-electron chi connectivity index (χ3n) is 5.30. The van der Waals surface area contributed by atoms with Crippen molar-refractivity contribution in [1.29, 1.82) is 0 Å². The second kappa shape index (κ2) is 7.26. The van der Waals surface area contributed by atoms with Crippen LogP contribution in [0.1, 0.15) is 18.4 Å². The van der Waals surface area contributed by atoms with Crippen molar-refractivity contribution >= 4 is 28.7 Å². The lowest BCUT2D eigenvalue weighted by Gasteiger charge is -2.34. The number of fused-ring (bicyclic) bond motifs is 1. The molecule has 2 aromatic carbocycles. The zero-order chi connectivity index (χ0) is 18.8. The zero-order valence-corrected chi connectivity index (χ0v) is 15.0. The number of benzene rings is 2. The molecule has 2 aromatic rings. The van der Waals surface area contributed by atoms with Gasteiger partial charge in [-0.2, -0.15) is 0 Å². The van der Waals surface area contributed by atoms with Crippen LogP contribution in [-0.4, -0.2) is 30.5 Å². The molecule has 1 fully saturated rings. The number of amides is 1. The van der Waals surface area contributed by atoms with Crippen molar-refractivity contribution in [2.24, 2.45) is 5.92 Å². The minimum absolute atomic E-state index is 0.0285. The molecule has 0 bridgehead atoms. The summed E-state index contributed by atoms with van der Waals surface area (Å²) in [5.74, 6) is -0.219. The normalized spacial score (nSPS) is 18.5. The third-order valence-corrected chi connectivity index (χ3v) is 5.30. The number of nitrogens with zero attached hydrogens (tertiary/aromatic N) is 2. The number of nitro benzene ring substituents is 1. The molecule has 0 spiro atoms. The molecule has 0 aliphatic carbocycles. The second-order valence-electron chi connectivity index (χ2n) is 7.03. The number of nitrogens with one attached hydrogen (secondary N) is 2. The molecule has 7 heteroatoms. The minimum Gasteiger partial charge on any atom is -0.384 e. The maximum absolute atomic E-state index is 12.7. The fourth-order valence-corrected chi connectivity index (χ4v) is 4.03. The van der Waals surface area contributed by atoms with Gasteiger partial charge in [-0.1, -0.05) is 18.2 Å². The average Bonchev–Trinajstić information content (AvgIpc) is 3.16. The first-order chi connectivity index (χ1) is 13.1. The molecule has 7 nitrogen and oxygen atoms in total. The summed E-state index contributed by atoms with van der Waals surface area (Å²) < 4.78 is 0. The van der Waals surface area contributed by atoms with E-state index >= 15 is 0 Å². The van der Waals surface area contributed by atoms with Crippen molar-refractivity contribution in [1.82, 2.24) is 0 Å². The van der Waals surface area contributed by atoms with E-state index in [2.05, 4.69) is 10.6 Å². The maximum atomic E-state index is 12.7. The highest BCUT2D eigenvalue weighted by Gasteiger charge is 2.33. The number of carbonyl (C=O) groups is 1. The smallest absolute Gasteiger partial charge is 0.292 e. The van der Waals surface area contributed by atoms with E-state index < -0.39 is 0 Å². The molecule has 27 heavy (non-hydrogen) atoms. The molecule has 1 saturated heterocycles. The van der Waals surface area contributed by atoms with Gasteiger partial charge in [0, 0.05) is 42.6 Å². The van der Waals surface area contributed by atoms with E-state index in [-0.39, 0.29) is 22.4 Å². The van der Waals surface area contributed by atoms with Gasteiger partial charge in [0.2, 0.25) is 5.91 Å². The standard InChI is InChI=1S/C20H22N4O3/c25-20(22-15-6-2-1-3-7-15)14-5-4-12-23(13-14)19-16-10-11-21-17(16)8-9-18(19)24(26)27/h1-3,6-9,14,21H,4-5,10-13H2,(H,22,25). The SMILES string of the molecule is O=C(Nc1ccccc1)C1CCCN(c2c([N+](=O)[O-])ccc3c2CCN3)C1. The highest BCUT2D eigenvalue weighted by molar-refractivity contribution is 5.93. The Hall–Kier alpha value is -3.09. The molecular weight excluding hydrogens is 344 g/mol. The number of para-hydroxylation sites is 1. The van der Waals surface area contributed by atoms with Gasteiger partial charge in [0.15, 0.2) is 0 Å². The van der Waals surface area contributed by atoms with Gasteiger partial charge >= 0.3 is 0 Å². The Morgan fingerprint density at radius 1 is 1.22 bits per heavy atom. The molecule has 140 valence electrons. The van der Waals surface area contributed by atoms with Crippen LogP contribution in [-0.2, 0) is 11.2 Å². The number of hydrogen-bond donors (Lipinski definition) is 2. The molecule has 0 saturated carbocycles. The van der Waals surface area contributed by atoms with Crippen LogP contribution in [0.15, 0.2) is 42.5 Å². The molecule has 0 radical (unpaired) electrons. The Balaban J connectivity index is 1.58. The quantitative estimate of drug-likeness (QED) is 0.639. The van der Waals surface area contributed by atoms with Crippen LogP contribution in [0.3, 0.4) is 0 Å². The van der Waals surface area contributed by atoms with Gasteiger partial charge in [-0.25, -0.2) is 0 Å². The summed E-state index contributed by atoms with van der Waals surface area (Å²) in [6.45, 7) is 2.01. The first-order valence-electron chi connectivity index (χ1n) is 9.28. The zero-order valence-electron chi connectivity index (χ0n) is 15.0. The van der Waals surface area contributed by atoms with Crippen LogP contribution in [0.4, 0.5) is 22.7 Å². The molecule has 1 unspecified atom stereocenters. The lowest BCUT2D eigenvalue weighted by atomic mass is 9.95. The van der Waals surface area contributed by atoms with Crippen LogP contribution >= 0.6 is 0 Å². The van der Waals surface area contributed by atoms with E-state index in [4.69, 9.17) is 0 Å². The Kier molecular flexibility index (Phi) is 4.66. The van der Waals surface area contributed by atoms with Crippen LogP contribution < -0.4 is 15.5 Å². The summed E-state index contributed by atoms with van der Waals surface area (Å²) in [6, 6.07) is 12.7. The van der Waals surface area contributed by atoms with Crippen LogP contribution in [0.2, 0.25) is 0 Å². The van der Waals surface area contributed by atoms with Gasteiger partial charge in [0.1, 0.15) is 5.69 Å². The molecular formula is C20H22N4O3. The van der Waals surface area contributed by atoms with Crippen molar-refractivity contribution in [2.75, 3.05) is 35.2 Å². The van der Waals surface area contributed by atoms with Crippen molar-refractivity contribution < 1.29 is 9.72 Å². The van der Waals surface area contributed by atoms with Gasteiger partial charge in [-0.3, -0.25) is 14.9 Å². The Morgan fingerprint density at radius 3 is 2.81 bits per heavy atom. The van der Waals surface area contributed by atoms with Crippen molar-refractivity contribution in [3.05, 3.63) is 58.1 Å². The fraction of sp³-hybridized carbons (Fsp3) is 0.350. The number of anilines is 3. The molecule has 0 aromatic heterocycles. The minimum atomic E-state index is -0.318. The topological polar surface area (TPSA) is 87.5 Å². The predicted octanol–water partition coefficient (Wildman–Crippen LogP) is 3.42. The second-order valence-corrected chi connectivity index (χ2v) is 7.03. The monoisotopic (exact) mass is 366 g/mol.